The number of fused-ring (bicyclic) bond motifs is 1. The lowest BCUT2D eigenvalue weighted by atomic mass is 10.1. The number of nitrogens with zero attached hydrogens (tertiary/aromatic N) is 4. The number of benzene rings is 2. The van der Waals surface area contributed by atoms with Crippen LogP contribution in [0.2, 0.25) is 5.02 Å². The summed E-state index contributed by atoms with van der Waals surface area (Å²) in [7, 11) is 2.99. The Morgan fingerprint density at radius 2 is 1.82 bits per heavy atom. The van der Waals surface area contributed by atoms with Gasteiger partial charge in [-0.25, -0.2) is 9.48 Å². The van der Waals surface area contributed by atoms with Gasteiger partial charge in [0.2, 0.25) is 0 Å². The molecule has 0 radical (unpaired) electrons. The number of likely N-dealkylation sites (tertiary alicyclic amines) is 1. The van der Waals surface area contributed by atoms with Crippen molar-refractivity contribution < 1.29 is 19.1 Å². The van der Waals surface area contributed by atoms with Crippen molar-refractivity contribution in [3.8, 4) is 11.5 Å². The summed E-state index contributed by atoms with van der Waals surface area (Å²) in [6.07, 6.45) is 3.26. The molecule has 0 saturated carbocycles. The maximum atomic E-state index is 12.7. The molecule has 3 aromatic rings. The number of anilines is 1. The molecule has 1 fully saturated rings. The van der Waals surface area contributed by atoms with Crippen LogP contribution in [0, 0.1) is 0 Å². The summed E-state index contributed by atoms with van der Waals surface area (Å²) in [5.41, 5.74) is 2.47. The normalized spacial score (nSPS) is 13.6. The molecule has 11 heteroatoms. The highest BCUT2D eigenvalue weighted by atomic mass is 35.5. The molecule has 0 aliphatic carbocycles. The first-order chi connectivity index (χ1) is 16.5. The van der Waals surface area contributed by atoms with E-state index >= 15 is 0 Å². The third-order valence-electron chi connectivity index (χ3n) is 5.74. The van der Waals surface area contributed by atoms with Crippen LogP contribution >= 0.6 is 11.6 Å². The van der Waals surface area contributed by atoms with Crippen LogP contribution in [-0.2, 0) is 6.54 Å². The first-order valence-corrected chi connectivity index (χ1v) is 11.5. The lowest BCUT2D eigenvalue weighted by Gasteiger charge is -2.26. The van der Waals surface area contributed by atoms with Gasteiger partial charge in [-0.15, -0.1) is 5.10 Å². The fourth-order valence-electron chi connectivity index (χ4n) is 3.95. The van der Waals surface area contributed by atoms with Crippen molar-refractivity contribution in [2.45, 2.75) is 25.8 Å². The summed E-state index contributed by atoms with van der Waals surface area (Å²) in [4.78, 5) is 27.0. The van der Waals surface area contributed by atoms with Gasteiger partial charge in [0.1, 0.15) is 17.0 Å². The van der Waals surface area contributed by atoms with Crippen LogP contribution < -0.4 is 20.1 Å². The second-order valence-corrected chi connectivity index (χ2v) is 8.34. The largest absolute Gasteiger partial charge is 0.495 e. The highest BCUT2D eigenvalue weighted by Crippen LogP contribution is 2.35. The van der Waals surface area contributed by atoms with E-state index in [9.17, 15) is 9.59 Å². The summed E-state index contributed by atoms with van der Waals surface area (Å²) in [5.74, 6) is 0.903. The highest BCUT2D eigenvalue weighted by Gasteiger charge is 2.19. The van der Waals surface area contributed by atoms with Gasteiger partial charge in [0, 0.05) is 31.3 Å². The number of carbonyl (C=O) groups excluding carboxylic acids is 2. The number of hydrogen-bond donors (Lipinski definition) is 2. The summed E-state index contributed by atoms with van der Waals surface area (Å²) in [6.45, 7) is 2.31. The molecule has 0 spiro atoms. The Bertz CT molecular complexity index is 1190. The molecule has 10 nitrogen and oxygen atoms in total. The van der Waals surface area contributed by atoms with Crippen molar-refractivity contribution in [1.82, 2.24) is 25.2 Å². The first-order valence-electron chi connectivity index (χ1n) is 11.1. The van der Waals surface area contributed by atoms with E-state index in [0.29, 0.717) is 46.4 Å². The summed E-state index contributed by atoms with van der Waals surface area (Å²) < 4.78 is 12.1. The molecule has 0 unspecified atom stereocenters. The minimum atomic E-state index is -0.418. The van der Waals surface area contributed by atoms with E-state index in [4.69, 9.17) is 21.1 Å². The zero-order chi connectivity index (χ0) is 24.1. The van der Waals surface area contributed by atoms with E-state index in [0.717, 1.165) is 31.4 Å². The lowest BCUT2D eigenvalue weighted by Crippen LogP contribution is -2.35. The molecule has 4 rings (SSSR count). The molecule has 1 saturated heterocycles. The van der Waals surface area contributed by atoms with Crippen molar-refractivity contribution in [2.24, 2.45) is 0 Å². The maximum absolute atomic E-state index is 12.7. The average molecular weight is 487 g/mol. The van der Waals surface area contributed by atoms with E-state index in [1.165, 1.54) is 20.6 Å². The lowest BCUT2D eigenvalue weighted by molar-refractivity contribution is 0.0724. The molecule has 34 heavy (non-hydrogen) atoms. The number of ether oxygens (including phenoxy) is 2. The molecule has 3 amide bonds. The van der Waals surface area contributed by atoms with Gasteiger partial charge in [-0.05, 0) is 43.5 Å². The topological polar surface area (TPSA) is 111 Å². The van der Waals surface area contributed by atoms with Crippen molar-refractivity contribution in [3.05, 3.63) is 40.9 Å². The van der Waals surface area contributed by atoms with E-state index < -0.39 is 6.03 Å². The molecular formula is C23H27ClN6O4. The molecule has 2 aromatic carbocycles. The third kappa shape index (κ3) is 5.17. The van der Waals surface area contributed by atoms with Gasteiger partial charge in [0.25, 0.3) is 5.91 Å². The van der Waals surface area contributed by atoms with Crippen molar-refractivity contribution in [3.63, 3.8) is 0 Å². The van der Waals surface area contributed by atoms with Gasteiger partial charge >= 0.3 is 6.03 Å². The Hall–Kier alpha value is -3.53. The standard InChI is InChI=1S/C23H27ClN6O4/c1-33-20-14-21(34-2)18(13-16(20)24)26-23(32)25-8-11-30-19-7-6-15(12-17(19)27-28-30)22(31)29-9-4-3-5-10-29/h6-7,12-14H,3-5,8-11H2,1-2H3,(H2,25,26,32). The first kappa shape index (κ1) is 23.6. The predicted octanol–water partition coefficient (Wildman–Crippen LogP) is 3.55. The maximum Gasteiger partial charge on any atom is 0.319 e. The van der Waals surface area contributed by atoms with Crippen molar-refractivity contribution >= 4 is 40.3 Å². The number of methoxy groups -OCH3 is 2. The zero-order valence-electron chi connectivity index (χ0n) is 19.1. The monoisotopic (exact) mass is 486 g/mol. The van der Waals surface area contributed by atoms with Crippen LogP contribution in [0.15, 0.2) is 30.3 Å². The second kappa shape index (κ2) is 10.6. The molecular weight excluding hydrogens is 460 g/mol. The van der Waals surface area contributed by atoms with E-state index in [2.05, 4.69) is 20.9 Å². The van der Waals surface area contributed by atoms with E-state index in [1.54, 1.807) is 28.9 Å². The van der Waals surface area contributed by atoms with Gasteiger partial charge in [0.15, 0.2) is 0 Å². The Labute approximate surface area is 202 Å². The smallest absolute Gasteiger partial charge is 0.319 e. The number of rotatable bonds is 7. The van der Waals surface area contributed by atoms with Crippen LogP contribution in [0.25, 0.3) is 11.0 Å². The number of hydrogen-bond acceptors (Lipinski definition) is 6. The Morgan fingerprint density at radius 3 is 2.56 bits per heavy atom. The van der Waals surface area contributed by atoms with Crippen LogP contribution in [-0.4, -0.2) is 65.7 Å². The number of halogens is 1. The van der Waals surface area contributed by atoms with Gasteiger partial charge in [0.05, 0.1) is 37.0 Å². The number of amides is 3. The van der Waals surface area contributed by atoms with E-state index in [-0.39, 0.29) is 5.91 Å². The Kier molecular flexibility index (Phi) is 7.36. The predicted molar refractivity (Wildman–Crippen MR) is 129 cm³/mol. The summed E-state index contributed by atoms with van der Waals surface area (Å²) in [6, 6.07) is 8.17. The summed E-state index contributed by atoms with van der Waals surface area (Å²) >= 11 is 6.15. The minimum Gasteiger partial charge on any atom is -0.495 e. The fourth-order valence-corrected chi connectivity index (χ4v) is 4.19. The quantitative estimate of drug-likeness (QED) is 0.528. The van der Waals surface area contributed by atoms with Crippen LogP contribution in [0.1, 0.15) is 29.6 Å². The third-order valence-corrected chi connectivity index (χ3v) is 6.03. The van der Waals surface area contributed by atoms with Crippen LogP contribution in [0.5, 0.6) is 11.5 Å². The SMILES string of the molecule is COc1cc(OC)c(NC(=O)NCCn2nnc3cc(C(=O)N4CCCCC4)ccc32)cc1Cl. The van der Waals surface area contributed by atoms with E-state index in [1.807, 2.05) is 11.0 Å². The number of aromatic nitrogens is 3. The zero-order valence-corrected chi connectivity index (χ0v) is 19.9. The minimum absolute atomic E-state index is 0.0311. The molecule has 1 aliphatic heterocycles. The Balaban J connectivity index is 1.35. The second-order valence-electron chi connectivity index (χ2n) is 7.94. The molecule has 1 aromatic heterocycles. The molecule has 2 N–H and O–H groups in total. The molecule has 0 atom stereocenters. The van der Waals surface area contributed by atoms with Crippen molar-refractivity contribution in [1.29, 1.82) is 0 Å². The fraction of sp³-hybridized carbons (Fsp3) is 0.391. The number of urea groups is 1. The average Bonchev–Trinajstić information content (AvgIpc) is 3.26. The number of piperidine rings is 1. The van der Waals surface area contributed by atoms with Gasteiger partial charge in [-0.1, -0.05) is 16.8 Å². The Morgan fingerprint density at radius 1 is 1.06 bits per heavy atom. The van der Waals surface area contributed by atoms with Gasteiger partial charge in [-0.3, -0.25) is 4.79 Å². The van der Waals surface area contributed by atoms with Crippen LogP contribution in [0.3, 0.4) is 0 Å². The van der Waals surface area contributed by atoms with Gasteiger partial charge < -0.3 is 25.0 Å². The highest BCUT2D eigenvalue weighted by molar-refractivity contribution is 6.32. The van der Waals surface area contributed by atoms with Crippen LogP contribution in [0.4, 0.5) is 10.5 Å². The molecule has 2 heterocycles. The molecule has 1 aliphatic rings. The van der Waals surface area contributed by atoms with Crippen molar-refractivity contribution in [2.75, 3.05) is 39.2 Å². The molecule has 0 bridgehead atoms. The van der Waals surface area contributed by atoms with Gasteiger partial charge in [-0.2, -0.15) is 0 Å². The number of carbonyl (C=O) groups is 2. The summed E-state index contributed by atoms with van der Waals surface area (Å²) in [5, 5.41) is 14.2. The molecule has 180 valence electrons. The number of nitrogens with one attached hydrogen (secondary N) is 2.